The van der Waals surface area contributed by atoms with Crippen molar-refractivity contribution in [2.24, 2.45) is 0 Å². The molecule has 6 rings (SSSR count). The first kappa shape index (κ1) is 36.8. The minimum Gasteiger partial charge on any atom is -0.394 e. The summed E-state index contributed by atoms with van der Waals surface area (Å²) in [5.74, 6) is 0. The molecule has 256 valence electrons. The quantitative estimate of drug-likeness (QED) is 0.214. The Bertz CT molecular complexity index is 1630. The van der Waals surface area contributed by atoms with Gasteiger partial charge in [-0.25, -0.2) is 0 Å². The Hall–Kier alpha value is -3.08. The van der Waals surface area contributed by atoms with Gasteiger partial charge in [-0.05, 0) is 56.3 Å². The monoisotopic (exact) mass is 732 g/mol. The molecule has 2 fully saturated rings. The van der Waals surface area contributed by atoms with E-state index >= 15 is 0 Å². The SMILES string of the molecule is C[C@@H]1CN(c2ccc(C(F)(F)F)c3ncccc23)C[C@H](CO)O1.C[C@@H]1CNC[C@H](CO)O1.FC(F)(F)c1ccc(Br)c2cccnc12. The molecular weight excluding hydrogens is 698 g/mol. The molecule has 0 saturated carbocycles. The number of alkyl halides is 6. The van der Waals surface area contributed by atoms with E-state index in [9.17, 15) is 31.4 Å². The third-order valence-corrected chi connectivity index (χ3v) is 8.07. The van der Waals surface area contributed by atoms with Gasteiger partial charge in [-0.2, -0.15) is 26.3 Å². The first-order chi connectivity index (χ1) is 22.2. The lowest BCUT2D eigenvalue weighted by atomic mass is 10.1. The average Bonchev–Trinajstić information content (AvgIpc) is 3.03. The number of pyridine rings is 2. The van der Waals surface area contributed by atoms with Gasteiger partial charge < -0.3 is 29.9 Å². The normalized spacial score (nSPS) is 21.9. The zero-order chi connectivity index (χ0) is 34.4. The van der Waals surface area contributed by atoms with Gasteiger partial charge >= 0.3 is 12.4 Å². The van der Waals surface area contributed by atoms with Crippen molar-refractivity contribution in [3.05, 3.63) is 76.5 Å². The average molecular weight is 734 g/mol. The number of anilines is 1. The summed E-state index contributed by atoms with van der Waals surface area (Å²) in [6.07, 6.45) is -6.32. The molecule has 0 aliphatic carbocycles. The molecule has 2 aromatic heterocycles. The molecule has 8 nitrogen and oxygen atoms in total. The Kier molecular flexibility index (Phi) is 12.4. The van der Waals surface area contributed by atoms with Crippen molar-refractivity contribution in [2.45, 2.75) is 50.6 Å². The highest BCUT2D eigenvalue weighted by atomic mass is 79.9. The molecule has 2 saturated heterocycles. The highest BCUT2D eigenvalue weighted by Crippen LogP contribution is 2.38. The van der Waals surface area contributed by atoms with Crippen LogP contribution in [0, 0.1) is 0 Å². The molecule has 2 aliphatic heterocycles. The molecule has 0 radical (unpaired) electrons. The van der Waals surface area contributed by atoms with Gasteiger partial charge in [0.15, 0.2) is 0 Å². The summed E-state index contributed by atoms with van der Waals surface area (Å²) in [6.45, 7) is 6.52. The lowest BCUT2D eigenvalue weighted by molar-refractivity contribution is -0.137. The van der Waals surface area contributed by atoms with E-state index in [0.29, 0.717) is 34.0 Å². The smallest absolute Gasteiger partial charge is 0.394 e. The van der Waals surface area contributed by atoms with Gasteiger partial charge in [0, 0.05) is 59.5 Å². The molecule has 15 heteroatoms. The first-order valence-corrected chi connectivity index (χ1v) is 15.6. The summed E-state index contributed by atoms with van der Waals surface area (Å²) in [5.41, 5.74) is -0.857. The number of halogens is 7. The van der Waals surface area contributed by atoms with Crippen molar-refractivity contribution < 1.29 is 46.0 Å². The predicted molar refractivity (Wildman–Crippen MR) is 169 cm³/mol. The minimum atomic E-state index is -4.45. The minimum absolute atomic E-state index is 0.00810. The van der Waals surface area contributed by atoms with E-state index in [-0.39, 0.29) is 48.7 Å². The molecule has 4 heterocycles. The van der Waals surface area contributed by atoms with Crippen molar-refractivity contribution >= 4 is 43.4 Å². The summed E-state index contributed by atoms with van der Waals surface area (Å²) in [5, 5.41) is 22.0. The molecule has 2 aliphatic rings. The van der Waals surface area contributed by atoms with E-state index in [1.807, 2.05) is 18.7 Å². The maximum Gasteiger partial charge on any atom is 0.418 e. The lowest BCUT2D eigenvalue weighted by Crippen LogP contribution is -2.48. The number of ether oxygens (including phenoxy) is 2. The Morgan fingerprint density at radius 1 is 0.766 bits per heavy atom. The molecule has 4 atom stereocenters. The van der Waals surface area contributed by atoms with E-state index in [2.05, 4.69) is 31.2 Å². The van der Waals surface area contributed by atoms with Crippen LogP contribution in [0.4, 0.5) is 32.0 Å². The van der Waals surface area contributed by atoms with E-state index in [4.69, 9.17) is 14.6 Å². The summed E-state index contributed by atoms with van der Waals surface area (Å²) < 4.78 is 88.8. The standard InChI is InChI=1S/C16H17F3N2O2.C10H5BrF3N.C6H13NO2/c1-10-7-21(8-11(9-22)23-10)14-5-4-13(16(17,18)19)15-12(14)3-2-6-20-15;11-8-4-3-7(10(12,13)14)9-6(8)2-1-5-15-9;1-5-2-7-3-6(4-8)9-5/h2-6,10-11,22H,7-9H2,1H3;1-5H;5-8H,2-4H2,1H3/t10-,11-;;5-,6-/m1.1/s1. The van der Waals surface area contributed by atoms with Crippen LogP contribution < -0.4 is 10.2 Å². The van der Waals surface area contributed by atoms with Crippen molar-refractivity contribution in [1.82, 2.24) is 15.3 Å². The van der Waals surface area contributed by atoms with Crippen LogP contribution in [0.1, 0.15) is 25.0 Å². The molecule has 0 bridgehead atoms. The summed E-state index contributed by atoms with van der Waals surface area (Å²) in [4.78, 5) is 9.64. The van der Waals surface area contributed by atoms with Crippen molar-refractivity contribution in [1.29, 1.82) is 0 Å². The zero-order valence-corrected chi connectivity index (χ0v) is 27.1. The Morgan fingerprint density at radius 2 is 1.32 bits per heavy atom. The molecular formula is C32H35BrF6N4O4. The molecule has 3 N–H and O–H groups in total. The predicted octanol–water partition coefficient (Wildman–Crippen LogP) is 6.21. The van der Waals surface area contributed by atoms with Crippen LogP contribution in [0.3, 0.4) is 0 Å². The van der Waals surface area contributed by atoms with Gasteiger partial charge in [-0.3, -0.25) is 9.97 Å². The number of nitrogens with one attached hydrogen (secondary N) is 1. The first-order valence-electron chi connectivity index (χ1n) is 14.8. The number of benzene rings is 2. The topological polar surface area (TPSA) is 100.0 Å². The maximum atomic E-state index is 13.2. The third kappa shape index (κ3) is 9.51. The van der Waals surface area contributed by atoms with Crippen LogP contribution in [0.15, 0.2) is 65.4 Å². The Balaban J connectivity index is 0.000000178. The second-order valence-electron chi connectivity index (χ2n) is 11.1. The van der Waals surface area contributed by atoms with Crippen LogP contribution in [0.25, 0.3) is 21.8 Å². The van der Waals surface area contributed by atoms with Crippen LogP contribution >= 0.6 is 15.9 Å². The fraction of sp³-hybridized carbons (Fsp3) is 0.438. The molecule has 0 spiro atoms. The number of aromatic nitrogens is 2. The highest BCUT2D eigenvalue weighted by Gasteiger charge is 2.35. The summed E-state index contributed by atoms with van der Waals surface area (Å²) in [6, 6.07) is 11.4. The fourth-order valence-corrected chi connectivity index (χ4v) is 5.80. The number of hydrogen-bond donors (Lipinski definition) is 3. The van der Waals surface area contributed by atoms with Gasteiger partial charge in [-0.15, -0.1) is 0 Å². The molecule has 47 heavy (non-hydrogen) atoms. The van der Waals surface area contributed by atoms with Crippen molar-refractivity contribution in [3.63, 3.8) is 0 Å². The van der Waals surface area contributed by atoms with E-state index in [0.717, 1.165) is 25.2 Å². The fourth-order valence-electron chi connectivity index (χ4n) is 5.35. The van der Waals surface area contributed by atoms with E-state index in [1.165, 1.54) is 24.5 Å². The number of aliphatic hydroxyl groups excluding tert-OH is 2. The number of morpholine rings is 2. The zero-order valence-electron chi connectivity index (χ0n) is 25.5. The van der Waals surface area contributed by atoms with Gasteiger partial charge in [0.1, 0.15) is 0 Å². The van der Waals surface area contributed by atoms with Gasteiger partial charge in [-0.1, -0.05) is 22.0 Å². The molecule has 2 aromatic carbocycles. The van der Waals surface area contributed by atoms with Crippen molar-refractivity contribution in [2.75, 3.05) is 44.3 Å². The summed E-state index contributed by atoms with van der Waals surface area (Å²) in [7, 11) is 0. The van der Waals surface area contributed by atoms with Crippen LogP contribution in [-0.4, -0.2) is 84.0 Å². The van der Waals surface area contributed by atoms with E-state index in [1.54, 1.807) is 24.3 Å². The van der Waals surface area contributed by atoms with E-state index < -0.39 is 23.5 Å². The number of hydrogen-bond acceptors (Lipinski definition) is 8. The number of fused-ring (bicyclic) bond motifs is 2. The van der Waals surface area contributed by atoms with Crippen LogP contribution in [0.5, 0.6) is 0 Å². The highest BCUT2D eigenvalue weighted by molar-refractivity contribution is 9.10. The van der Waals surface area contributed by atoms with Gasteiger partial charge in [0.05, 0.1) is 59.8 Å². The van der Waals surface area contributed by atoms with Crippen LogP contribution in [0.2, 0.25) is 0 Å². The van der Waals surface area contributed by atoms with Crippen molar-refractivity contribution in [3.8, 4) is 0 Å². The number of nitrogens with zero attached hydrogens (tertiary/aromatic N) is 3. The number of rotatable bonds is 3. The maximum absolute atomic E-state index is 13.2. The molecule has 0 amide bonds. The lowest BCUT2D eigenvalue weighted by Gasteiger charge is -2.38. The van der Waals surface area contributed by atoms with Gasteiger partial charge in [0.25, 0.3) is 0 Å². The Morgan fingerprint density at radius 3 is 1.87 bits per heavy atom. The molecule has 4 aromatic rings. The summed E-state index contributed by atoms with van der Waals surface area (Å²) >= 11 is 3.19. The molecule has 0 unspecified atom stereocenters. The third-order valence-electron chi connectivity index (χ3n) is 7.38. The Labute approximate surface area is 275 Å². The largest absolute Gasteiger partial charge is 0.418 e. The second-order valence-corrected chi connectivity index (χ2v) is 11.9. The second kappa shape index (κ2) is 15.9. The van der Waals surface area contributed by atoms with Crippen LogP contribution in [-0.2, 0) is 21.8 Å². The number of aliphatic hydroxyl groups is 2. The van der Waals surface area contributed by atoms with Gasteiger partial charge in [0.2, 0.25) is 0 Å².